The van der Waals surface area contributed by atoms with Crippen LogP contribution >= 0.6 is 11.8 Å². The van der Waals surface area contributed by atoms with E-state index in [-0.39, 0.29) is 17.7 Å². The maximum atomic E-state index is 13.3. The van der Waals surface area contributed by atoms with Gasteiger partial charge in [-0.25, -0.2) is 9.59 Å². The second kappa shape index (κ2) is 8.07. The van der Waals surface area contributed by atoms with Crippen molar-refractivity contribution >= 4 is 23.8 Å². The molecule has 1 aromatic heterocycles. The predicted octanol–water partition coefficient (Wildman–Crippen LogP) is 4.14. The Morgan fingerprint density at radius 1 is 1.23 bits per heavy atom. The molecule has 0 bridgehead atoms. The van der Waals surface area contributed by atoms with Gasteiger partial charge in [-0.1, -0.05) is 24.3 Å². The lowest BCUT2D eigenvalue weighted by Crippen LogP contribution is -2.38. The number of hydrogen-bond acceptors (Lipinski definition) is 5. The van der Waals surface area contributed by atoms with Gasteiger partial charge >= 0.3 is 12.1 Å². The number of aromatic carboxylic acids is 1. The lowest BCUT2D eigenvalue weighted by molar-refractivity contribution is 0.0508. The number of rotatable bonds is 5. The molecule has 1 fully saturated rings. The number of carboxylic acid groups (broad SMARTS) is 1. The molecule has 0 unspecified atom stereocenters. The molecule has 4 rings (SSSR count). The second-order valence-corrected chi connectivity index (χ2v) is 10.1. The highest BCUT2D eigenvalue weighted by Crippen LogP contribution is 2.40. The Labute approximate surface area is 184 Å². The van der Waals surface area contributed by atoms with Gasteiger partial charge in [-0.2, -0.15) is 0 Å². The van der Waals surface area contributed by atoms with E-state index in [2.05, 4.69) is 17.4 Å². The number of nitrogens with zero attached hydrogens (tertiary/aromatic N) is 1. The van der Waals surface area contributed by atoms with Gasteiger partial charge in [-0.05, 0) is 50.7 Å². The van der Waals surface area contributed by atoms with Crippen LogP contribution in [0.2, 0.25) is 0 Å². The van der Waals surface area contributed by atoms with Crippen molar-refractivity contribution in [2.75, 3.05) is 5.75 Å². The van der Waals surface area contributed by atoms with E-state index >= 15 is 0 Å². The van der Waals surface area contributed by atoms with E-state index in [1.807, 2.05) is 12.1 Å². The number of carbonyl (C=O) groups is 2. The molecule has 31 heavy (non-hydrogen) atoms. The average Bonchev–Trinajstić information content (AvgIpc) is 3.44. The molecular formula is C23H26N2O5S. The fraction of sp³-hybridized carbons (Fsp3) is 0.435. The summed E-state index contributed by atoms with van der Waals surface area (Å²) in [7, 11) is 0. The summed E-state index contributed by atoms with van der Waals surface area (Å²) >= 11 is 1.27. The summed E-state index contributed by atoms with van der Waals surface area (Å²) < 4.78 is 6.73. The largest absolute Gasteiger partial charge is 0.478 e. The molecule has 8 heteroatoms. The molecular weight excluding hydrogens is 416 g/mol. The number of amides is 1. The van der Waals surface area contributed by atoms with Crippen molar-refractivity contribution in [1.29, 1.82) is 0 Å². The number of aromatic nitrogens is 1. The number of carbonyl (C=O) groups excluding carboxylic acids is 1. The van der Waals surface area contributed by atoms with Gasteiger partial charge in [0, 0.05) is 16.8 Å². The third-order valence-corrected chi connectivity index (χ3v) is 6.54. The first-order valence-corrected chi connectivity index (χ1v) is 11.3. The van der Waals surface area contributed by atoms with Gasteiger partial charge in [-0.15, -0.1) is 11.8 Å². The number of nitrogens with one attached hydrogen (secondary N) is 1. The number of ether oxygens (including phenoxy) is 1. The van der Waals surface area contributed by atoms with Crippen LogP contribution in [-0.2, 0) is 11.3 Å². The molecule has 1 aromatic carbocycles. The van der Waals surface area contributed by atoms with E-state index < -0.39 is 23.7 Å². The van der Waals surface area contributed by atoms with Crippen LogP contribution in [0.4, 0.5) is 4.79 Å². The van der Waals surface area contributed by atoms with Crippen molar-refractivity contribution in [2.24, 2.45) is 0 Å². The smallest absolute Gasteiger partial charge is 0.408 e. The van der Waals surface area contributed by atoms with Gasteiger partial charge in [0.1, 0.15) is 5.60 Å². The Balaban J connectivity index is 1.64. The van der Waals surface area contributed by atoms with Crippen LogP contribution in [0.5, 0.6) is 0 Å². The molecule has 2 N–H and O–H groups in total. The van der Waals surface area contributed by atoms with Crippen LogP contribution < -0.4 is 10.9 Å². The summed E-state index contributed by atoms with van der Waals surface area (Å²) in [6, 6.07) is 7.52. The van der Waals surface area contributed by atoms with Crippen molar-refractivity contribution in [3.05, 3.63) is 63.1 Å². The van der Waals surface area contributed by atoms with Crippen molar-refractivity contribution in [1.82, 2.24) is 9.88 Å². The highest BCUT2D eigenvalue weighted by atomic mass is 32.2. The molecule has 1 atom stereocenters. The molecule has 0 saturated heterocycles. The zero-order valence-electron chi connectivity index (χ0n) is 17.8. The highest BCUT2D eigenvalue weighted by molar-refractivity contribution is 7.99. The summed E-state index contributed by atoms with van der Waals surface area (Å²) in [6.45, 7) is 5.54. The van der Waals surface area contributed by atoms with Crippen LogP contribution in [0.25, 0.3) is 0 Å². The summed E-state index contributed by atoms with van der Waals surface area (Å²) in [5.41, 5.74) is 1.64. The van der Waals surface area contributed by atoms with Crippen LogP contribution in [0.15, 0.2) is 40.2 Å². The topological polar surface area (TPSA) is 97.6 Å². The standard InChI is InChI=1S/C23H26N2O5S/c1-23(2,3)30-22(29)24-17-12-31-19-16(21(27)28)11-25(20(26)18(17)19)10-13-4-6-14(7-5-13)15-8-9-15/h4-7,11,15,17H,8-10,12H2,1-3H3,(H,24,29)(H,27,28)/t17-/m0/s1. The number of pyridine rings is 1. The molecule has 0 radical (unpaired) electrons. The first kappa shape index (κ1) is 21.5. The van der Waals surface area contributed by atoms with E-state index in [0.29, 0.717) is 22.1 Å². The van der Waals surface area contributed by atoms with Gasteiger partial charge in [0.2, 0.25) is 0 Å². The number of thioether (sulfide) groups is 1. The zero-order valence-corrected chi connectivity index (χ0v) is 18.6. The van der Waals surface area contributed by atoms with E-state index in [1.165, 1.54) is 40.9 Å². The molecule has 0 spiro atoms. The second-order valence-electron chi connectivity index (χ2n) is 9.05. The number of carboxylic acids is 1. The number of alkyl carbamates (subject to hydrolysis) is 1. The van der Waals surface area contributed by atoms with Gasteiger partial charge < -0.3 is 19.7 Å². The minimum Gasteiger partial charge on any atom is -0.478 e. The number of benzene rings is 1. The normalized spacial score (nSPS) is 17.8. The van der Waals surface area contributed by atoms with Crippen LogP contribution in [-0.4, -0.2) is 33.1 Å². The van der Waals surface area contributed by atoms with Crippen LogP contribution in [0, 0.1) is 0 Å². The van der Waals surface area contributed by atoms with E-state index in [0.717, 1.165) is 5.56 Å². The third kappa shape index (κ3) is 4.79. The maximum Gasteiger partial charge on any atom is 0.408 e. The molecule has 1 saturated carbocycles. The minimum atomic E-state index is -1.10. The lowest BCUT2D eigenvalue weighted by Gasteiger charge is -2.22. The summed E-state index contributed by atoms with van der Waals surface area (Å²) in [5.74, 6) is -0.0731. The molecule has 2 heterocycles. The fourth-order valence-corrected chi connectivity index (χ4v) is 4.99. The Bertz CT molecular complexity index is 1080. The summed E-state index contributed by atoms with van der Waals surface area (Å²) in [4.78, 5) is 37.8. The molecule has 164 valence electrons. The Morgan fingerprint density at radius 2 is 1.90 bits per heavy atom. The third-order valence-electron chi connectivity index (χ3n) is 5.31. The van der Waals surface area contributed by atoms with E-state index in [9.17, 15) is 19.5 Å². The van der Waals surface area contributed by atoms with Gasteiger partial charge in [-0.3, -0.25) is 4.79 Å². The number of fused-ring (bicyclic) bond motifs is 1. The first-order valence-electron chi connectivity index (χ1n) is 10.3. The van der Waals surface area contributed by atoms with Crippen molar-refractivity contribution < 1.29 is 19.4 Å². The van der Waals surface area contributed by atoms with Crippen LogP contribution in [0.1, 0.15) is 72.6 Å². The molecule has 1 aliphatic heterocycles. The average molecular weight is 443 g/mol. The highest BCUT2D eigenvalue weighted by Gasteiger charge is 2.34. The summed E-state index contributed by atoms with van der Waals surface area (Å²) in [6.07, 6.45) is 3.21. The maximum absolute atomic E-state index is 13.3. The summed E-state index contributed by atoms with van der Waals surface area (Å²) in [5, 5.41) is 12.4. The SMILES string of the molecule is CC(C)(C)OC(=O)N[C@H]1CSc2c(C(=O)O)cn(Cc3ccc(C4CC4)cc3)c(=O)c21. The molecule has 1 amide bonds. The molecule has 7 nitrogen and oxygen atoms in total. The van der Waals surface area contributed by atoms with Gasteiger partial charge in [0.15, 0.2) is 0 Å². The van der Waals surface area contributed by atoms with Crippen molar-refractivity contribution in [3.8, 4) is 0 Å². The monoisotopic (exact) mass is 442 g/mol. The minimum absolute atomic E-state index is 0.0719. The Hall–Kier alpha value is -2.74. The van der Waals surface area contributed by atoms with E-state index in [4.69, 9.17) is 4.74 Å². The van der Waals surface area contributed by atoms with Crippen molar-refractivity contribution in [2.45, 2.75) is 62.6 Å². The first-order chi connectivity index (χ1) is 14.6. The zero-order chi connectivity index (χ0) is 22.3. The molecule has 2 aliphatic rings. The van der Waals surface area contributed by atoms with E-state index in [1.54, 1.807) is 20.8 Å². The predicted molar refractivity (Wildman–Crippen MR) is 118 cm³/mol. The lowest BCUT2D eigenvalue weighted by atomic mass is 10.1. The van der Waals surface area contributed by atoms with Gasteiger partial charge in [0.05, 0.1) is 23.7 Å². The van der Waals surface area contributed by atoms with Crippen LogP contribution in [0.3, 0.4) is 0 Å². The number of hydrogen-bond donors (Lipinski definition) is 2. The van der Waals surface area contributed by atoms with Crippen molar-refractivity contribution in [3.63, 3.8) is 0 Å². The Morgan fingerprint density at radius 3 is 2.48 bits per heavy atom. The molecule has 1 aliphatic carbocycles. The molecule has 2 aromatic rings. The fourth-order valence-electron chi connectivity index (χ4n) is 3.72. The Kier molecular flexibility index (Phi) is 5.60. The quantitative estimate of drug-likeness (QED) is 0.722. The van der Waals surface area contributed by atoms with Gasteiger partial charge in [0.25, 0.3) is 5.56 Å².